The SMILES string of the molecule is C=C(NCCOCC(C)C)C(C)(CC)CCCCC. The molecule has 114 valence electrons. The lowest BCUT2D eigenvalue weighted by Gasteiger charge is -2.31. The maximum Gasteiger partial charge on any atom is 0.0639 e. The molecule has 0 aliphatic heterocycles. The van der Waals surface area contributed by atoms with E-state index in [4.69, 9.17) is 4.74 Å². The van der Waals surface area contributed by atoms with Gasteiger partial charge in [-0.2, -0.15) is 0 Å². The molecule has 0 heterocycles. The van der Waals surface area contributed by atoms with Gasteiger partial charge in [0.25, 0.3) is 0 Å². The third-order valence-electron chi connectivity index (χ3n) is 3.88. The summed E-state index contributed by atoms with van der Waals surface area (Å²) in [6.07, 6.45) is 6.28. The number of hydrogen-bond donors (Lipinski definition) is 1. The summed E-state index contributed by atoms with van der Waals surface area (Å²) < 4.78 is 5.59. The second-order valence-corrected chi connectivity index (χ2v) is 6.25. The second-order valence-electron chi connectivity index (χ2n) is 6.25. The van der Waals surface area contributed by atoms with Gasteiger partial charge in [-0.15, -0.1) is 0 Å². The van der Waals surface area contributed by atoms with Crippen molar-refractivity contribution in [1.82, 2.24) is 5.32 Å². The Hall–Kier alpha value is -0.500. The van der Waals surface area contributed by atoms with Gasteiger partial charge in [0, 0.05) is 24.3 Å². The highest BCUT2D eigenvalue weighted by molar-refractivity contribution is 5.06. The molecule has 0 spiro atoms. The summed E-state index contributed by atoms with van der Waals surface area (Å²) in [5, 5.41) is 3.46. The van der Waals surface area contributed by atoms with Crippen molar-refractivity contribution in [2.45, 2.75) is 66.7 Å². The summed E-state index contributed by atoms with van der Waals surface area (Å²) in [4.78, 5) is 0. The van der Waals surface area contributed by atoms with Crippen LogP contribution in [0.5, 0.6) is 0 Å². The molecule has 0 aliphatic rings. The second kappa shape index (κ2) is 10.3. The first-order valence-electron chi connectivity index (χ1n) is 7.97. The molecule has 0 aromatic carbocycles. The van der Waals surface area contributed by atoms with Crippen molar-refractivity contribution in [2.24, 2.45) is 11.3 Å². The lowest BCUT2D eigenvalue weighted by atomic mass is 9.79. The van der Waals surface area contributed by atoms with Crippen molar-refractivity contribution in [1.29, 1.82) is 0 Å². The largest absolute Gasteiger partial charge is 0.386 e. The number of allylic oxidation sites excluding steroid dienone is 1. The summed E-state index contributed by atoms with van der Waals surface area (Å²) >= 11 is 0. The molecule has 0 radical (unpaired) electrons. The van der Waals surface area contributed by atoms with Gasteiger partial charge in [0.05, 0.1) is 6.61 Å². The monoisotopic (exact) mass is 269 g/mol. The Morgan fingerprint density at radius 2 is 1.95 bits per heavy atom. The van der Waals surface area contributed by atoms with E-state index in [9.17, 15) is 0 Å². The van der Waals surface area contributed by atoms with Crippen molar-refractivity contribution in [2.75, 3.05) is 19.8 Å². The zero-order chi connectivity index (χ0) is 14.7. The number of unbranched alkanes of at least 4 members (excludes halogenated alkanes) is 2. The van der Waals surface area contributed by atoms with Crippen molar-refractivity contribution < 1.29 is 4.74 Å². The number of hydrogen-bond acceptors (Lipinski definition) is 2. The third-order valence-corrected chi connectivity index (χ3v) is 3.88. The standard InChI is InChI=1S/C17H35NO/c1-7-9-10-11-17(6,8-2)16(5)18-12-13-19-14-15(3)4/h15,18H,5,7-14H2,1-4,6H3. The fourth-order valence-electron chi connectivity index (χ4n) is 2.11. The highest BCUT2D eigenvalue weighted by atomic mass is 16.5. The van der Waals surface area contributed by atoms with Gasteiger partial charge >= 0.3 is 0 Å². The molecule has 0 aromatic rings. The van der Waals surface area contributed by atoms with E-state index >= 15 is 0 Å². The van der Waals surface area contributed by atoms with Gasteiger partial charge in [-0.3, -0.25) is 0 Å². The van der Waals surface area contributed by atoms with Gasteiger partial charge in [-0.05, 0) is 18.8 Å². The molecule has 0 saturated carbocycles. The molecule has 2 nitrogen and oxygen atoms in total. The van der Waals surface area contributed by atoms with Crippen LogP contribution in [-0.4, -0.2) is 19.8 Å². The highest BCUT2D eigenvalue weighted by Crippen LogP contribution is 2.34. The van der Waals surface area contributed by atoms with E-state index in [1.54, 1.807) is 0 Å². The fourth-order valence-corrected chi connectivity index (χ4v) is 2.11. The predicted molar refractivity (Wildman–Crippen MR) is 85.3 cm³/mol. The molecule has 0 saturated heterocycles. The van der Waals surface area contributed by atoms with Crippen molar-refractivity contribution in [3.05, 3.63) is 12.3 Å². The molecule has 1 atom stereocenters. The Kier molecular flexibility index (Phi) is 10.0. The molecular formula is C17H35NO. The Morgan fingerprint density at radius 3 is 2.47 bits per heavy atom. The Balaban J connectivity index is 3.92. The van der Waals surface area contributed by atoms with Crippen LogP contribution in [0.3, 0.4) is 0 Å². The van der Waals surface area contributed by atoms with Crippen LogP contribution in [0.25, 0.3) is 0 Å². The Morgan fingerprint density at radius 1 is 1.26 bits per heavy atom. The van der Waals surface area contributed by atoms with E-state index in [0.29, 0.717) is 5.92 Å². The fraction of sp³-hybridized carbons (Fsp3) is 0.882. The van der Waals surface area contributed by atoms with Gasteiger partial charge in [0.15, 0.2) is 0 Å². The number of rotatable bonds is 12. The summed E-state index contributed by atoms with van der Waals surface area (Å²) in [6.45, 7) is 17.9. The molecule has 0 aliphatic carbocycles. The summed E-state index contributed by atoms with van der Waals surface area (Å²) in [7, 11) is 0. The zero-order valence-electron chi connectivity index (χ0n) is 13.8. The van der Waals surface area contributed by atoms with Crippen molar-refractivity contribution >= 4 is 0 Å². The molecule has 0 aromatic heterocycles. The minimum Gasteiger partial charge on any atom is -0.386 e. The Labute approximate surface area is 121 Å². The molecule has 0 rings (SSSR count). The highest BCUT2D eigenvalue weighted by Gasteiger charge is 2.24. The first kappa shape index (κ1) is 18.5. The first-order chi connectivity index (χ1) is 8.96. The predicted octanol–water partition coefficient (Wildman–Crippen LogP) is 4.76. The van der Waals surface area contributed by atoms with Crippen LogP contribution in [0.4, 0.5) is 0 Å². The van der Waals surface area contributed by atoms with Gasteiger partial charge in [0.1, 0.15) is 0 Å². The molecule has 19 heavy (non-hydrogen) atoms. The summed E-state index contributed by atoms with van der Waals surface area (Å²) in [6, 6.07) is 0. The molecule has 0 amide bonds. The van der Waals surface area contributed by atoms with Crippen molar-refractivity contribution in [3.63, 3.8) is 0 Å². The molecule has 1 N–H and O–H groups in total. The smallest absolute Gasteiger partial charge is 0.0639 e. The maximum atomic E-state index is 5.59. The van der Waals surface area contributed by atoms with Crippen molar-refractivity contribution in [3.8, 4) is 0 Å². The minimum absolute atomic E-state index is 0.229. The Bertz CT molecular complexity index is 237. The minimum atomic E-state index is 0.229. The van der Waals surface area contributed by atoms with E-state index in [1.165, 1.54) is 31.4 Å². The lowest BCUT2D eigenvalue weighted by molar-refractivity contribution is 0.112. The van der Waals surface area contributed by atoms with Crippen LogP contribution >= 0.6 is 0 Å². The van der Waals surface area contributed by atoms with Crippen LogP contribution < -0.4 is 5.32 Å². The number of ether oxygens (including phenoxy) is 1. The van der Waals surface area contributed by atoms with Crippen LogP contribution in [0.1, 0.15) is 66.7 Å². The maximum absolute atomic E-state index is 5.59. The molecule has 0 fully saturated rings. The summed E-state index contributed by atoms with van der Waals surface area (Å²) in [5.74, 6) is 0.609. The normalized spacial score (nSPS) is 14.4. The summed E-state index contributed by atoms with van der Waals surface area (Å²) in [5.41, 5.74) is 1.41. The quantitative estimate of drug-likeness (QED) is 0.516. The van der Waals surface area contributed by atoms with E-state index < -0.39 is 0 Å². The molecule has 1 unspecified atom stereocenters. The van der Waals surface area contributed by atoms with Crippen LogP contribution in [0.2, 0.25) is 0 Å². The van der Waals surface area contributed by atoms with E-state index in [-0.39, 0.29) is 5.41 Å². The van der Waals surface area contributed by atoms with Gasteiger partial charge in [0.2, 0.25) is 0 Å². The first-order valence-corrected chi connectivity index (χ1v) is 7.97. The number of nitrogens with one attached hydrogen (secondary N) is 1. The zero-order valence-corrected chi connectivity index (χ0v) is 13.8. The average Bonchev–Trinajstić information content (AvgIpc) is 2.37. The van der Waals surface area contributed by atoms with E-state index in [2.05, 4.69) is 46.5 Å². The van der Waals surface area contributed by atoms with Gasteiger partial charge < -0.3 is 10.1 Å². The molecule has 0 bridgehead atoms. The molecule has 2 heteroatoms. The lowest BCUT2D eigenvalue weighted by Crippen LogP contribution is -2.30. The van der Waals surface area contributed by atoms with Crippen LogP contribution in [0, 0.1) is 11.3 Å². The third kappa shape index (κ3) is 8.30. The van der Waals surface area contributed by atoms with Gasteiger partial charge in [-0.1, -0.05) is 60.5 Å². The topological polar surface area (TPSA) is 21.3 Å². The van der Waals surface area contributed by atoms with Crippen LogP contribution in [0.15, 0.2) is 12.3 Å². The molecular weight excluding hydrogens is 234 g/mol. The van der Waals surface area contributed by atoms with Crippen LogP contribution in [-0.2, 0) is 4.74 Å². The van der Waals surface area contributed by atoms with E-state index in [0.717, 1.165) is 26.2 Å². The van der Waals surface area contributed by atoms with Gasteiger partial charge in [-0.25, -0.2) is 0 Å². The van der Waals surface area contributed by atoms with E-state index in [1.807, 2.05) is 0 Å². The average molecular weight is 269 g/mol.